The summed E-state index contributed by atoms with van der Waals surface area (Å²) in [7, 11) is 0. The van der Waals surface area contributed by atoms with E-state index in [1.807, 2.05) is 36.4 Å². The minimum Gasteiger partial charge on any atom is -0.426 e. The van der Waals surface area contributed by atoms with Crippen molar-refractivity contribution < 1.29 is 14.3 Å². The second-order valence-electron chi connectivity index (χ2n) is 5.91. The molecule has 5 heteroatoms. The zero-order chi connectivity index (χ0) is 19.1. The minimum absolute atomic E-state index is 0.00486. The predicted molar refractivity (Wildman–Crippen MR) is 105 cm³/mol. The van der Waals surface area contributed by atoms with Crippen LogP contribution >= 0.6 is 11.6 Å². The molecule has 3 aromatic carbocycles. The lowest BCUT2D eigenvalue weighted by atomic mass is 10.0. The molecular formula is C22H18ClNO3. The van der Waals surface area contributed by atoms with Gasteiger partial charge in [0.1, 0.15) is 5.75 Å². The van der Waals surface area contributed by atoms with E-state index >= 15 is 0 Å². The molecule has 0 bridgehead atoms. The molecule has 4 nitrogen and oxygen atoms in total. The van der Waals surface area contributed by atoms with Gasteiger partial charge < -0.3 is 10.1 Å². The van der Waals surface area contributed by atoms with Gasteiger partial charge >= 0.3 is 5.97 Å². The average Bonchev–Trinajstić information content (AvgIpc) is 2.69. The van der Waals surface area contributed by atoms with Gasteiger partial charge in [-0.05, 0) is 29.8 Å². The Hall–Kier alpha value is -3.11. The van der Waals surface area contributed by atoms with E-state index in [0.717, 1.165) is 5.56 Å². The highest BCUT2D eigenvalue weighted by Gasteiger charge is 2.21. The maximum Gasteiger partial charge on any atom is 0.313 e. The Bertz CT molecular complexity index is 913. The van der Waals surface area contributed by atoms with Crippen molar-refractivity contribution in [2.45, 2.75) is 12.5 Å². The molecular weight excluding hydrogens is 362 g/mol. The summed E-state index contributed by atoms with van der Waals surface area (Å²) in [5.41, 5.74) is 1.17. The highest BCUT2D eigenvalue weighted by Crippen LogP contribution is 2.21. The fourth-order valence-electron chi connectivity index (χ4n) is 2.65. The largest absolute Gasteiger partial charge is 0.426 e. The third-order valence-electron chi connectivity index (χ3n) is 3.97. The van der Waals surface area contributed by atoms with Crippen molar-refractivity contribution in [1.29, 1.82) is 0 Å². The number of hydrogen-bond acceptors (Lipinski definition) is 3. The number of benzene rings is 3. The number of hydrogen-bond donors (Lipinski definition) is 1. The van der Waals surface area contributed by atoms with Crippen molar-refractivity contribution in [3.63, 3.8) is 0 Å². The minimum atomic E-state index is -0.536. The van der Waals surface area contributed by atoms with Crippen molar-refractivity contribution in [3.05, 3.63) is 101 Å². The van der Waals surface area contributed by atoms with Crippen molar-refractivity contribution >= 4 is 23.5 Å². The molecule has 0 saturated carbocycles. The van der Waals surface area contributed by atoms with E-state index in [2.05, 4.69) is 5.32 Å². The van der Waals surface area contributed by atoms with Gasteiger partial charge in [0.2, 0.25) is 0 Å². The van der Waals surface area contributed by atoms with E-state index in [1.165, 1.54) is 0 Å². The summed E-state index contributed by atoms with van der Waals surface area (Å²) in [6.07, 6.45) is -0.00486. The molecule has 0 aliphatic rings. The topological polar surface area (TPSA) is 55.4 Å². The van der Waals surface area contributed by atoms with Gasteiger partial charge in [-0.25, -0.2) is 0 Å². The van der Waals surface area contributed by atoms with Crippen LogP contribution in [0.4, 0.5) is 0 Å². The van der Waals surface area contributed by atoms with E-state index in [1.54, 1.807) is 48.5 Å². The third-order valence-corrected chi connectivity index (χ3v) is 4.30. The van der Waals surface area contributed by atoms with E-state index in [4.69, 9.17) is 16.3 Å². The molecule has 0 spiro atoms. The number of esters is 1. The van der Waals surface area contributed by atoms with Crippen molar-refractivity contribution in [2.75, 3.05) is 0 Å². The maximum atomic E-state index is 12.6. The van der Waals surface area contributed by atoms with Gasteiger partial charge in [-0.15, -0.1) is 0 Å². The first-order chi connectivity index (χ1) is 13.1. The maximum absolute atomic E-state index is 12.6. The Morgan fingerprint density at radius 2 is 1.44 bits per heavy atom. The van der Waals surface area contributed by atoms with Crippen LogP contribution in [0.25, 0.3) is 0 Å². The Balaban J connectivity index is 1.76. The van der Waals surface area contributed by atoms with Gasteiger partial charge in [-0.1, -0.05) is 72.3 Å². The van der Waals surface area contributed by atoms with Crippen LogP contribution in [-0.4, -0.2) is 11.9 Å². The van der Waals surface area contributed by atoms with Crippen LogP contribution < -0.4 is 10.1 Å². The summed E-state index contributed by atoms with van der Waals surface area (Å²) in [4.78, 5) is 25.0. The fraction of sp³-hybridized carbons (Fsp3) is 0.0909. The summed E-state index contributed by atoms with van der Waals surface area (Å²) in [5.74, 6) is -0.316. The number of rotatable bonds is 6. The number of para-hydroxylation sites is 1. The monoisotopic (exact) mass is 379 g/mol. The molecule has 136 valence electrons. The Morgan fingerprint density at radius 1 is 0.852 bits per heavy atom. The second-order valence-corrected chi connectivity index (χ2v) is 6.32. The molecule has 0 aliphatic carbocycles. The summed E-state index contributed by atoms with van der Waals surface area (Å²) in [6.45, 7) is 0. The lowest BCUT2D eigenvalue weighted by Gasteiger charge is -2.19. The van der Waals surface area contributed by atoms with Crippen LogP contribution in [0.3, 0.4) is 0 Å². The number of carbonyl (C=O) groups is 2. The standard InChI is InChI=1S/C22H18ClNO3/c23-19-14-8-7-13-18(19)22(26)24-20(16-9-3-1-4-10-16)15-21(25)27-17-11-5-2-6-12-17/h1-14,20H,15H2,(H,24,26). The molecule has 0 heterocycles. The molecule has 0 radical (unpaired) electrons. The molecule has 3 rings (SSSR count). The Labute approximate surface area is 162 Å². The average molecular weight is 380 g/mol. The van der Waals surface area contributed by atoms with E-state index < -0.39 is 12.0 Å². The predicted octanol–water partition coefficient (Wildman–Crippen LogP) is 4.81. The van der Waals surface area contributed by atoms with Crippen LogP contribution in [0.1, 0.15) is 28.4 Å². The van der Waals surface area contributed by atoms with E-state index in [9.17, 15) is 9.59 Å². The number of carbonyl (C=O) groups excluding carboxylic acids is 2. The van der Waals surface area contributed by atoms with E-state index in [0.29, 0.717) is 16.3 Å². The van der Waals surface area contributed by atoms with Gasteiger partial charge in [0, 0.05) is 0 Å². The number of ether oxygens (including phenoxy) is 1. The highest BCUT2D eigenvalue weighted by atomic mass is 35.5. The van der Waals surface area contributed by atoms with Crippen LogP contribution in [0.15, 0.2) is 84.9 Å². The summed E-state index contributed by atoms with van der Waals surface area (Å²) in [5, 5.41) is 3.24. The Morgan fingerprint density at radius 3 is 2.11 bits per heavy atom. The first-order valence-electron chi connectivity index (χ1n) is 8.49. The van der Waals surface area contributed by atoms with Crippen LogP contribution in [0.2, 0.25) is 5.02 Å². The van der Waals surface area contributed by atoms with Crippen molar-refractivity contribution in [1.82, 2.24) is 5.32 Å². The van der Waals surface area contributed by atoms with Crippen LogP contribution in [0, 0.1) is 0 Å². The molecule has 0 fully saturated rings. The molecule has 1 atom stereocenters. The normalized spacial score (nSPS) is 11.4. The lowest BCUT2D eigenvalue weighted by Crippen LogP contribution is -2.31. The Kier molecular flexibility index (Phi) is 6.23. The molecule has 1 N–H and O–H groups in total. The summed E-state index contributed by atoms with van der Waals surface area (Å²) in [6, 6.07) is 24.4. The zero-order valence-corrected chi connectivity index (χ0v) is 15.2. The fourth-order valence-corrected chi connectivity index (χ4v) is 2.87. The molecule has 0 saturated heterocycles. The molecule has 0 aromatic heterocycles. The second kappa shape index (κ2) is 9.01. The first-order valence-corrected chi connectivity index (χ1v) is 8.87. The molecule has 27 heavy (non-hydrogen) atoms. The SMILES string of the molecule is O=C(CC(NC(=O)c1ccccc1Cl)c1ccccc1)Oc1ccccc1. The van der Waals surface area contributed by atoms with Crippen molar-refractivity contribution in [2.24, 2.45) is 0 Å². The van der Waals surface area contributed by atoms with Gasteiger partial charge in [-0.3, -0.25) is 9.59 Å². The van der Waals surface area contributed by atoms with Gasteiger partial charge in [0.05, 0.1) is 23.0 Å². The zero-order valence-electron chi connectivity index (χ0n) is 14.5. The molecule has 0 aliphatic heterocycles. The van der Waals surface area contributed by atoms with Gasteiger partial charge in [0.25, 0.3) is 5.91 Å². The quantitative estimate of drug-likeness (QED) is 0.494. The molecule has 1 amide bonds. The van der Waals surface area contributed by atoms with Gasteiger partial charge in [-0.2, -0.15) is 0 Å². The highest BCUT2D eigenvalue weighted by molar-refractivity contribution is 6.33. The molecule has 1 unspecified atom stereocenters. The van der Waals surface area contributed by atoms with Crippen molar-refractivity contribution in [3.8, 4) is 5.75 Å². The number of halogens is 1. The number of amides is 1. The molecule has 3 aromatic rings. The first kappa shape index (κ1) is 18.7. The summed E-state index contributed by atoms with van der Waals surface area (Å²) < 4.78 is 5.36. The lowest BCUT2D eigenvalue weighted by molar-refractivity contribution is -0.134. The van der Waals surface area contributed by atoms with Crippen LogP contribution in [-0.2, 0) is 4.79 Å². The summed E-state index contributed by atoms with van der Waals surface area (Å²) >= 11 is 6.11. The number of nitrogens with one attached hydrogen (secondary N) is 1. The van der Waals surface area contributed by atoms with E-state index in [-0.39, 0.29) is 12.3 Å². The third kappa shape index (κ3) is 5.19. The van der Waals surface area contributed by atoms with Gasteiger partial charge in [0.15, 0.2) is 0 Å². The van der Waals surface area contributed by atoms with Crippen LogP contribution in [0.5, 0.6) is 5.75 Å². The smallest absolute Gasteiger partial charge is 0.313 e.